The summed E-state index contributed by atoms with van der Waals surface area (Å²) in [5.41, 5.74) is -0.281. The van der Waals surface area contributed by atoms with Crippen LogP contribution >= 0.6 is 0 Å². The van der Waals surface area contributed by atoms with Crippen LogP contribution in [0.15, 0.2) is 0 Å². The SMILES string of the molecule is [CH2-]C1(C)O[C-](C)C(C)(C)O1.[Rb+].[Re]. The van der Waals surface area contributed by atoms with Crippen LogP contribution in [0.25, 0.3) is 0 Å². The third-order valence-corrected chi connectivity index (χ3v) is 1.69. The molecule has 1 unspecified atom stereocenters. The maximum absolute atomic E-state index is 5.48. The van der Waals surface area contributed by atoms with E-state index < -0.39 is 5.79 Å². The topological polar surface area (TPSA) is 18.5 Å². The minimum absolute atomic E-state index is 0. The molecule has 0 aromatic rings. The Kier molecular flexibility index (Phi) is 7.65. The number of hydrogen-bond donors (Lipinski definition) is 0. The first-order valence-corrected chi connectivity index (χ1v) is 3.42. The Labute approximate surface area is 138 Å². The maximum atomic E-state index is 5.48. The van der Waals surface area contributed by atoms with Gasteiger partial charge in [-0.25, -0.2) is 0 Å². The molecule has 67 valence electrons. The van der Waals surface area contributed by atoms with Crippen LogP contribution in [0.4, 0.5) is 0 Å². The van der Waals surface area contributed by atoms with Gasteiger partial charge in [-0.2, -0.15) is 13.0 Å². The van der Waals surface area contributed by atoms with Crippen molar-refractivity contribution in [2.24, 2.45) is 0 Å². The zero-order chi connectivity index (χ0) is 7.99. The summed E-state index contributed by atoms with van der Waals surface area (Å²) in [7, 11) is 0. The van der Waals surface area contributed by atoms with E-state index in [0.29, 0.717) is 0 Å². The summed E-state index contributed by atoms with van der Waals surface area (Å²) in [6.45, 7) is 11.4. The first-order valence-electron chi connectivity index (χ1n) is 3.42. The van der Waals surface area contributed by atoms with Crippen molar-refractivity contribution in [3.05, 3.63) is 13.0 Å². The molecule has 1 fully saturated rings. The van der Waals surface area contributed by atoms with Crippen molar-refractivity contribution in [3.8, 4) is 0 Å². The Balaban J connectivity index is 0. The molecule has 4 heteroatoms. The normalized spacial score (nSPS) is 33.8. The predicted molar refractivity (Wildman–Crippen MR) is 38.9 cm³/mol. The molecule has 1 rings (SSSR count). The molecule has 1 heterocycles. The fourth-order valence-corrected chi connectivity index (χ4v) is 1.08. The summed E-state index contributed by atoms with van der Waals surface area (Å²) < 4.78 is 10.8. The van der Waals surface area contributed by atoms with Crippen LogP contribution in [0.3, 0.4) is 0 Å². The van der Waals surface area contributed by atoms with E-state index in [1.165, 1.54) is 0 Å². The Morgan fingerprint density at radius 3 is 1.75 bits per heavy atom. The van der Waals surface area contributed by atoms with Gasteiger partial charge in [0.15, 0.2) is 0 Å². The third kappa shape index (κ3) is 4.27. The molecule has 0 aromatic carbocycles. The smallest absolute Gasteiger partial charge is 0.546 e. The summed E-state index contributed by atoms with van der Waals surface area (Å²) in [4.78, 5) is 0. The van der Waals surface area contributed by atoms with Crippen LogP contribution in [0.1, 0.15) is 27.7 Å². The second-order valence-corrected chi connectivity index (χ2v) is 3.40. The van der Waals surface area contributed by atoms with Gasteiger partial charge in [0.05, 0.1) is 0 Å². The average molecular weight is 414 g/mol. The van der Waals surface area contributed by atoms with Gasteiger partial charge >= 0.3 is 58.2 Å². The molecule has 1 aliphatic rings. The third-order valence-electron chi connectivity index (χ3n) is 1.69. The van der Waals surface area contributed by atoms with Gasteiger partial charge in [-0.3, -0.25) is 6.92 Å². The monoisotopic (exact) mass is 414 g/mol. The van der Waals surface area contributed by atoms with Gasteiger partial charge in [0.25, 0.3) is 0 Å². The number of rotatable bonds is 0. The molecule has 1 radical (unpaired) electrons. The molecule has 0 bridgehead atoms. The van der Waals surface area contributed by atoms with Gasteiger partial charge in [0.2, 0.25) is 0 Å². The summed E-state index contributed by atoms with van der Waals surface area (Å²) in [5, 5.41) is 0. The first kappa shape index (κ1) is 16.8. The zero-order valence-electron chi connectivity index (χ0n) is 8.40. The quantitative estimate of drug-likeness (QED) is 0.470. The Bertz CT molecular complexity index is 148. The van der Waals surface area contributed by atoms with Crippen LogP contribution in [-0.2, 0) is 29.9 Å². The van der Waals surface area contributed by atoms with E-state index in [1.54, 1.807) is 0 Å². The van der Waals surface area contributed by atoms with E-state index in [9.17, 15) is 0 Å². The van der Waals surface area contributed by atoms with Gasteiger partial charge in [-0.05, 0) is 12.5 Å². The molecule has 0 aliphatic carbocycles. The standard InChI is InChI=1S/C8H14O2.Rb.Re/c1-6-7(2,3)10-8(4,5)9-6;;/h4H2,1-3,5H3;;/q-2;+1;. The molecule has 1 saturated heterocycles. The van der Waals surface area contributed by atoms with E-state index in [0.717, 1.165) is 6.10 Å². The summed E-state index contributed by atoms with van der Waals surface area (Å²) in [6, 6.07) is 0. The molecule has 0 saturated carbocycles. The van der Waals surface area contributed by atoms with Crippen molar-refractivity contribution >= 4 is 0 Å². The summed E-state index contributed by atoms with van der Waals surface area (Å²) in [6.07, 6.45) is 0.894. The molecular formula is C8H14O2RbRe-. The van der Waals surface area contributed by atoms with Crippen molar-refractivity contribution in [3.63, 3.8) is 0 Å². The molecular weight excluding hydrogens is 400 g/mol. The van der Waals surface area contributed by atoms with Gasteiger partial charge in [0, 0.05) is 26.2 Å². The first-order chi connectivity index (χ1) is 4.33. The van der Waals surface area contributed by atoms with Crippen molar-refractivity contribution < 1.29 is 88.1 Å². The second kappa shape index (κ2) is 5.47. The number of ether oxygens (including phenoxy) is 2. The fraction of sp³-hybridized carbons (Fsp3) is 0.750. The van der Waals surface area contributed by atoms with E-state index >= 15 is 0 Å². The molecule has 1 aliphatic heterocycles. The fourth-order valence-electron chi connectivity index (χ4n) is 1.08. The largest absolute Gasteiger partial charge is 1.00 e. The number of hydrogen-bond acceptors (Lipinski definition) is 2. The van der Waals surface area contributed by atoms with Crippen LogP contribution in [0.2, 0.25) is 0 Å². The average Bonchev–Trinajstić information content (AvgIpc) is 1.73. The van der Waals surface area contributed by atoms with Crippen LogP contribution in [-0.4, -0.2) is 11.4 Å². The summed E-state index contributed by atoms with van der Waals surface area (Å²) >= 11 is 0. The summed E-state index contributed by atoms with van der Waals surface area (Å²) in [5.74, 6) is -0.687. The van der Waals surface area contributed by atoms with Crippen LogP contribution < -0.4 is 58.2 Å². The molecule has 1 atom stereocenters. The van der Waals surface area contributed by atoms with Crippen molar-refractivity contribution in [2.45, 2.75) is 39.1 Å². The Morgan fingerprint density at radius 1 is 1.25 bits per heavy atom. The van der Waals surface area contributed by atoms with E-state index in [-0.39, 0.29) is 84.2 Å². The molecule has 0 amide bonds. The Hall–Kier alpha value is 2.39. The van der Waals surface area contributed by atoms with Crippen LogP contribution in [0.5, 0.6) is 0 Å². The molecule has 0 spiro atoms. The molecule has 12 heavy (non-hydrogen) atoms. The maximum Gasteiger partial charge on any atom is 1.00 e. The van der Waals surface area contributed by atoms with Gasteiger partial charge < -0.3 is 9.47 Å². The van der Waals surface area contributed by atoms with Crippen LogP contribution in [0, 0.1) is 13.0 Å². The second-order valence-electron chi connectivity index (χ2n) is 3.40. The van der Waals surface area contributed by atoms with Gasteiger partial charge in [0.1, 0.15) is 0 Å². The van der Waals surface area contributed by atoms with Crippen molar-refractivity contribution in [1.82, 2.24) is 0 Å². The van der Waals surface area contributed by atoms with E-state index in [1.807, 2.05) is 27.7 Å². The Morgan fingerprint density at radius 2 is 1.67 bits per heavy atom. The van der Waals surface area contributed by atoms with Crippen molar-refractivity contribution in [1.29, 1.82) is 0 Å². The van der Waals surface area contributed by atoms with Gasteiger partial charge in [-0.1, -0.05) is 13.8 Å². The zero-order valence-corrected chi connectivity index (χ0v) is 16.0. The molecule has 0 N–H and O–H groups in total. The minimum Gasteiger partial charge on any atom is -0.546 e. The van der Waals surface area contributed by atoms with Crippen molar-refractivity contribution in [2.75, 3.05) is 0 Å². The van der Waals surface area contributed by atoms with E-state index in [2.05, 4.69) is 6.92 Å². The van der Waals surface area contributed by atoms with Gasteiger partial charge in [-0.15, -0.1) is 0 Å². The molecule has 2 nitrogen and oxygen atoms in total. The predicted octanol–water partition coefficient (Wildman–Crippen LogP) is -1.08. The molecule has 0 aromatic heterocycles. The van der Waals surface area contributed by atoms with E-state index in [4.69, 9.17) is 9.47 Å². The minimum atomic E-state index is -0.687.